The monoisotopic (exact) mass is 462 g/mol. The van der Waals surface area contributed by atoms with Gasteiger partial charge in [0.05, 0.1) is 23.9 Å². The smallest absolute Gasteiger partial charge is 0.275 e. The predicted molar refractivity (Wildman–Crippen MR) is 124 cm³/mol. The number of aromatic nitrogens is 4. The summed E-state index contributed by atoms with van der Waals surface area (Å²) in [6.45, 7) is 2.50. The molecule has 0 aliphatic carbocycles. The van der Waals surface area contributed by atoms with Gasteiger partial charge in [-0.15, -0.1) is 5.10 Å². The Bertz CT molecular complexity index is 1370. The molecule has 0 fully saturated rings. The van der Waals surface area contributed by atoms with E-state index in [1.165, 1.54) is 18.2 Å². The summed E-state index contributed by atoms with van der Waals surface area (Å²) in [4.78, 5) is 29.0. The van der Waals surface area contributed by atoms with Crippen LogP contribution in [0.15, 0.2) is 48.5 Å². The normalized spacial score (nSPS) is 10.9. The van der Waals surface area contributed by atoms with E-state index in [2.05, 4.69) is 20.6 Å². The minimum Gasteiger partial charge on any atom is -0.497 e. The third-order valence-corrected chi connectivity index (χ3v) is 5.45. The number of ether oxygens (including phenoxy) is 1. The van der Waals surface area contributed by atoms with Crippen LogP contribution in [-0.4, -0.2) is 38.9 Å². The lowest BCUT2D eigenvalue weighted by atomic mass is 10.1. The molecule has 0 saturated carbocycles. The van der Waals surface area contributed by atoms with Crippen LogP contribution in [0.5, 0.6) is 5.75 Å². The van der Waals surface area contributed by atoms with Crippen LogP contribution in [0.3, 0.4) is 0 Å². The number of methoxy groups -OCH3 is 1. The van der Waals surface area contributed by atoms with Crippen LogP contribution in [0.4, 0.5) is 10.2 Å². The molecule has 0 unspecified atom stereocenters. The second-order valence-corrected chi connectivity index (χ2v) is 7.59. The van der Waals surface area contributed by atoms with Gasteiger partial charge >= 0.3 is 0 Å². The number of nitrogens with zero attached hydrogens (tertiary/aromatic N) is 4. The van der Waals surface area contributed by atoms with E-state index in [0.717, 1.165) is 23.1 Å². The number of halogens is 1. The zero-order valence-corrected chi connectivity index (χ0v) is 18.7. The minimum atomic E-state index is -0.744. The van der Waals surface area contributed by atoms with Crippen molar-refractivity contribution in [3.8, 4) is 5.75 Å². The molecule has 2 heterocycles. The maximum atomic E-state index is 13.7. The summed E-state index contributed by atoms with van der Waals surface area (Å²) in [6.07, 6.45) is 1.29. The molecule has 0 saturated heterocycles. The van der Waals surface area contributed by atoms with Crippen LogP contribution in [0.2, 0.25) is 0 Å². The molecular formula is C24H23FN6O3. The molecule has 0 spiro atoms. The summed E-state index contributed by atoms with van der Waals surface area (Å²) in [5, 5.41) is 11.3. The number of amides is 2. The second kappa shape index (κ2) is 9.65. The number of anilines is 1. The number of nitrogens with two attached hydrogens (primary N) is 1. The molecule has 2 amide bonds. The molecule has 3 N–H and O–H groups in total. The van der Waals surface area contributed by atoms with Crippen LogP contribution >= 0.6 is 0 Å². The van der Waals surface area contributed by atoms with Gasteiger partial charge in [-0.3, -0.25) is 9.59 Å². The van der Waals surface area contributed by atoms with Crippen LogP contribution in [-0.2, 0) is 19.4 Å². The van der Waals surface area contributed by atoms with Crippen molar-refractivity contribution < 1.29 is 18.7 Å². The van der Waals surface area contributed by atoms with Gasteiger partial charge in [0.2, 0.25) is 5.91 Å². The molecule has 2 aromatic heterocycles. The number of hydrogen-bond acceptors (Lipinski definition) is 6. The van der Waals surface area contributed by atoms with Gasteiger partial charge in [-0.2, -0.15) is 0 Å². The fourth-order valence-electron chi connectivity index (χ4n) is 3.68. The first-order valence-corrected chi connectivity index (χ1v) is 10.7. The summed E-state index contributed by atoms with van der Waals surface area (Å²) in [7, 11) is 1.62. The Labute approximate surface area is 194 Å². The number of primary amides is 1. The third kappa shape index (κ3) is 4.70. The van der Waals surface area contributed by atoms with Gasteiger partial charge in [-0.05, 0) is 48.7 Å². The summed E-state index contributed by atoms with van der Waals surface area (Å²) >= 11 is 0. The number of rotatable bonds is 8. The Morgan fingerprint density at radius 3 is 2.59 bits per heavy atom. The van der Waals surface area contributed by atoms with E-state index in [1.807, 2.05) is 31.2 Å². The van der Waals surface area contributed by atoms with Crippen LogP contribution < -0.4 is 15.8 Å². The van der Waals surface area contributed by atoms with Gasteiger partial charge in [-0.25, -0.2) is 14.1 Å². The largest absolute Gasteiger partial charge is 0.497 e. The van der Waals surface area contributed by atoms with E-state index in [1.54, 1.807) is 11.8 Å². The van der Waals surface area contributed by atoms with Crippen molar-refractivity contribution in [1.82, 2.24) is 20.0 Å². The number of pyridine rings is 1. The first-order valence-electron chi connectivity index (χ1n) is 10.7. The van der Waals surface area contributed by atoms with Crippen molar-refractivity contribution in [3.63, 3.8) is 0 Å². The fourth-order valence-corrected chi connectivity index (χ4v) is 3.68. The number of carbonyl (C=O) groups excluding carboxylic acids is 2. The Hall–Kier alpha value is -4.34. The number of nitrogens with one attached hydrogen (secondary N) is 1. The molecule has 4 aromatic rings. The maximum absolute atomic E-state index is 13.7. The summed E-state index contributed by atoms with van der Waals surface area (Å²) in [5.41, 5.74) is 7.46. The first-order chi connectivity index (χ1) is 16.4. The molecule has 0 radical (unpaired) electrons. The molecule has 0 atom stereocenters. The van der Waals surface area contributed by atoms with Crippen molar-refractivity contribution >= 4 is 28.5 Å². The van der Waals surface area contributed by atoms with Crippen molar-refractivity contribution in [2.45, 2.75) is 26.3 Å². The van der Waals surface area contributed by atoms with Crippen molar-refractivity contribution in [2.24, 2.45) is 5.73 Å². The number of fused-ring (bicyclic) bond motifs is 1. The molecule has 4 rings (SSSR count). The number of benzene rings is 2. The topological polar surface area (TPSA) is 125 Å². The quantitative estimate of drug-likeness (QED) is 0.414. The number of aryl methyl sites for hydroxylation is 2. The molecular weight excluding hydrogens is 439 g/mol. The Kier molecular flexibility index (Phi) is 6.48. The molecule has 34 heavy (non-hydrogen) atoms. The summed E-state index contributed by atoms with van der Waals surface area (Å²) < 4.78 is 20.6. The average molecular weight is 462 g/mol. The van der Waals surface area contributed by atoms with Gasteiger partial charge < -0.3 is 15.8 Å². The van der Waals surface area contributed by atoms with Crippen LogP contribution in [0.1, 0.15) is 39.0 Å². The Morgan fingerprint density at radius 1 is 1.15 bits per heavy atom. The van der Waals surface area contributed by atoms with E-state index in [-0.39, 0.29) is 16.8 Å². The summed E-state index contributed by atoms with van der Waals surface area (Å²) in [6, 6.07) is 12.8. The van der Waals surface area contributed by atoms with E-state index in [4.69, 9.17) is 10.5 Å². The molecule has 2 aromatic carbocycles. The van der Waals surface area contributed by atoms with E-state index in [0.29, 0.717) is 30.6 Å². The van der Waals surface area contributed by atoms with Gasteiger partial charge in [0, 0.05) is 18.0 Å². The van der Waals surface area contributed by atoms with Gasteiger partial charge in [0.25, 0.3) is 5.91 Å². The van der Waals surface area contributed by atoms with Crippen molar-refractivity contribution in [1.29, 1.82) is 0 Å². The highest BCUT2D eigenvalue weighted by atomic mass is 19.1. The number of hydrogen-bond donors (Lipinski definition) is 2. The van der Waals surface area contributed by atoms with Gasteiger partial charge in [0.1, 0.15) is 17.3 Å². The third-order valence-electron chi connectivity index (χ3n) is 5.45. The Balaban J connectivity index is 1.55. The molecule has 174 valence electrons. The number of carbonyl (C=O) groups is 2. The minimum absolute atomic E-state index is 0.0778. The molecule has 0 aliphatic rings. The highest BCUT2D eigenvalue weighted by Gasteiger charge is 2.19. The maximum Gasteiger partial charge on any atom is 0.275 e. The standard InChI is InChI=1S/C24H23FN6O3/c1-3-21-23(29-30-31(21)11-10-14-4-7-16(34-2)8-5-14)28-24(33)20-13-18(22(26)32)17-9-6-15(25)12-19(17)27-20/h4-9,12-13H,3,10-11H2,1-2H3,(H2,26,32)(H,28,33). The van der Waals surface area contributed by atoms with E-state index >= 15 is 0 Å². The molecule has 9 nitrogen and oxygen atoms in total. The Morgan fingerprint density at radius 2 is 1.91 bits per heavy atom. The van der Waals surface area contributed by atoms with Gasteiger partial charge in [0.15, 0.2) is 5.82 Å². The van der Waals surface area contributed by atoms with Crippen molar-refractivity contribution in [3.05, 3.63) is 76.9 Å². The molecule has 0 bridgehead atoms. The first kappa shape index (κ1) is 22.8. The zero-order valence-electron chi connectivity index (χ0n) is 18.7. The van der Waals surface area contributed by atoms with Gasteiger partial charge in [-0.1, -0.05) is 24.3 Å². The van der Waals surface area contributed by atoms with E-state index in [9.17, 15) is 14.0 Å². The molecule has 10 heteroatoms. The van der Waals surface area contributed by atoms with Crippen LogP contribution in [0.25, 0.3) is 10.9 Å². The zero-order chi connectivity index (χ0) is 24.2. The highest BCUT2D eigenvalue weighted by Crippen LogP contribution is 2.21. The van der Waals surface area contributed by atoms with Crippen LogP contribution in [0, 0.1) is 5.82 Å². The second-order valence-electron chi connectivity index (χ2n) is 7.59. The van der Waals surface area contributed by atoms with E-state index < -0.39 is 17.6 Å². The summed E-state index contributed by atoms with van der Waals surface area (Å²) in [5.74, 6) is -0.810. The predicted octanol–water partition coefficient (Wildman–Crippen LogP) is 3.13. The molecule has 0 aliphatic heterocycles. The SMILES string of the molecule is CCc1c(NC(=O)c2cc(C(N)=O)c3ccc(F)cc3n2)nnn1CCc1ccc(OC)cc1. The lowest BCUT2D eigenvalue weighted by Crippen LogP contribution is -2.18. The van der Waals surface area contributed by atoms with Crippen molar-refractivity contribution in [2.75, 3.05) is 12.4 Å². The lowest BCUT2D eigenvalue weighted by molar-refractivity contribution is 0.100. The average Bonchev–Trinajstić information content (AvgIpc) is 3.23. The fraction of sp³-hybridized carbons (Fsp3) is 0.208. The highest BCUT2D eigenvalue weighted by molar-refractivity contribution is 6.10. The lowest BCUT2D eigenvalue weighted by Gasteiger charge is -2.09.